The van der Waals surface area contributed by atoms with Crippen molar-refractivity contribution in [1.82, 2.24) is 10.9 Å². The van der Waals surface area contributed by atoms with Gasteiger partial charge in [-0.05, 0) is 26.0 Å². The van der Waals surface area contributed by atoms with E-state index in [0.29, 0.717) is 0 Å². The van der Waals surface area contributed by atoms with Gasteiger partial charge >= 0.3 is 11.6 Å². The second kappa shape index (κ2) is 7.58. The van der Waals surface area contributed by atoms with Gasteiger partial charge in [0.2, 0.25) is 0 Å². The van der Waals surface area contributed by atoms with Gasteiger partial charge in [0.1, 0.15) is 23.4 Å². The Hall–Kier alpha value is -3.20. The zero-order valence-corrected chi connectivity index (χ0v) is 13.5. The molecule has 132 valence electrons. The number of hydrazine groups is 1. The summed E-state index contributed by atoms with van der Waals surface area (Å²) in [6, 6.07) is 3.53. The van der Waals surface area contributed by atoms with E-state index < -0.39 is 23.3 Å². The third kappa shape index (κ3) is 4.21. The topological polar surface area (TPSA) is 135 Å². The molecule has 0 fully saturated rings. The Morgan fingerprint density at radius 2 is 1.92 bits per heavy atom. The van der Waals surface area contributed by atoms with Crippen molar-refractivity contribution < 1.29 is 28.6 Å². The van der Waals surface area contributed by atoms with Crippen molar-refractivity contribution in [2.45, 2.75) is 13.8 Å². The lowest BCUT2D eigenvalue weighted by Gasteiger charge is -2.10. The molecule has 0 saturated carbocycles. The van der Waals surface area contributed by atoms with Gasteiger partial charge in [-0.2, -0.15) is 0 Å². The molecule has 0 unspecified atom stereocenters. The number of benzene rings is 1. The molecule has 9 nitrogen and oxygen atoms in total. The van der Waals surface area contributed by atoms with E-state index in [-0.39, 0.29) is 41.0 Å². The second-order valence-electron chi connectivity index (χ2n) is 5.02. The Balaban J connectivity index is 2.34. The smallest absolute Gasteiger partial charge is 0.347 e. The Labute approximate surface area is 141 Å². The lowest BCUT2D eigenvalue weighted by atomic mass is 10.1. The molecule has 0 radical (unpaired) electrons. The molecule has 0 saturated heterocycles. The van der Waals surface area contributed by atoms with E-state index in [1.807, 2.05) is 0 Å². The number of nitrogens with one attached hydrogen (secondary N) is 2. The average Bonchev–Trinajstić information content (AvgIpc) is 2.53. The summed E-state index contributed by atoms with van der Waals surface area (Å²) in [5, 5.41) is 9.87. The van der Waals surface area contributed by atoms with Gasteiger partial charge in [0.05, 0.1) is 12.2 Å². The summed E-state index contributed by atoms with van der Waals surface area (Å²) in [5.41, 5.74) is 3.48. The van der Waals surface area contributed by atoms with Gasteiger partial charge in [-0.1, -0.05) is 0 Å². The van der Waals surface area contributed by atoms with Crippen molar-refractivity contribution in [3.8, 4) is 5.75 Å². The third-order valence-corrected chi connectivity index (χ3v) is 3.20. The van der Waals surface area contributed by atoms with Crippen LogP contribution in [0.3, 0.4) is 0 Å². The molecule has 0 aliphatic rings. The lowest BCUT2D eigenvalue weighted by molar-refractivity contribution is -0.142. The predicted octanol–water partition coefficient (Wildman–Crippen LogP) is 0.499. The monoisotopic (exact) mass is 348 g/mol. The molecule has 2 rings (SSSR count). The van der Waals surface area contributed by atoms with E-state index in [0.717, 1.165) is 12.1 Å². The molecule has 3 N–H and O–H groups in total. The van der Waals surface area contributed by atoms with Gasteiger partial charge in [0.15, 0.2) is 5.78 Å². The Morgan fingerprint density at radius 1 is 1.20 bits per heavy atom. The predicted molar refractivity (Wildman–Crippen MR) is 86.3 cm³/mol. The number of esters is 1. The zero-order valence-electron chi connectivity index (χ0n) is 13.5. The summed E-state index contributed by atoms with van der Waals surface area (Å²) in [7, 11) is 0. The molecule has 0 spiro atoms. The number of fused-ring (bicyclic) bond motifs is 1. The number of ketones is 1. The Morgan fingerprint density at radius 3 is 2.56 bits per heavy atom. The maximum absolute atomic E-state index is 12.3. The molecule has 1 aromatic heterocycles. The Kier molecular flexibility index (Phi) is 5.50. The summed E-state index contributed by atoms with van der Waals surface area (Å²) in [4.78, 5) is 46.7. The van der Waals surface area contributed by atoms with E-state index in [9.17, 15) is 24.3 Å². The van der Waals surface area contributed by atoms with Crippen LogP contribution in [0.4, 0.5) is 0 Å². The highest BCUT2D eigenvalue weighted by Crippen LogP contribution is 2.24. The van der Waals surface area contributed by atoms with Gasteiger partial charge in [-0.3, -0.25) is 19.8 Å². The van der Waals surface area contributed by atoms with Gasteiger partial charge in [-0.15, -0.1) is 0 Å². The Bertz CT molecular complexity index is 901. The van der Waals surface area contributed by atoms with Gasteiger partial charge < -0.3 is 14.3 Å². The van der Waals surface area contributed by atoms with Crippen LogP contribution < -0.4 is 16.5 Å². The number of phenolic OH excluding ortho intramolecular Hbond substituents is 1. The first-order valence-electron chi connectivity index (χ1n) is 7.34. The standard InChI is InChI=1S/C16H16N2O7/c1-3-24-14(21)7-17-18-15(22)12-4-9(20)5-13-11(12)6-10(8(2)19)16(23)25-13/h4-6,17,20H,3,7H2,1-2H3,(H,18,22). The quantitative estimate of drug-likeness (QED) is 0.297. The van der Waals surface area contributed by atoms with E-state index in [4.69, 9.17) is 9.15 Å². The number of phenols is 1. The van der Waals surface area contributed by atoms with Gasteiger partial charge in [0.25, 0.3) is 5.91 Å². The van der Waals surface area contributed by atoms with Crippen molar-refractivity contribution in [1.29, 1.82) is 0 Å². The van der Waals surface area contributed by atoms with Crippen LogP contribution in [0, 0.1) is 0 Å². The molecular weight excluding hydrogens is 332 g/mol. The van der Waals surface area contributed by atoms with E-state index in [2.05, 4.69) is 10.9 Å². The number of carbonyl (C=O) groups is 3. The number of carbonyl (C=O) groups excluding carboxylic acids is 3. The molecule has 25 heavy (non-hydrogen) atoms. The lowest BCUT2D eigenvalue weighted by Crippen LogP contribution is -2.41. The number of ether oxygens (including phenoxy) is 1. The fourth-order valence-corrected chi connectivity index (χ4v) is 2.11. The van der Waals surface area contributed by atoms with Crippen LogP contribution in [-0.4, -0.2) is 35.9 Å². The van der Waals surface area contributed by atoms with Gasteiger partial charge in [-0.25, -0.2) is 10.2 Å². The van der Waals surface area contributed by atoms with Crippen LogP contribution in [-0.2, 0) is 9.53 Å². The molecule has 0 bridgehead atoms. The maximum Gasteiger partial charge on any atom is 0.347 e. The van der Waals surface area contributed by atoms with Crippen molar-refractivity contribution in [2.75, 3.05) is 13.2 Å². The normalized spacial score (nSPS) is 10.5. The first-order valence-corrected chi connectivity index (χ1v) is 7.34. The summed E-state index contributed by atoms with van der Waals surface area (Å²) < 4.78 is 9.68. The fraction of sp³-hybridized carbons (Fsp3) is 0.250. The minimum atomic E-state index is -0.864. The maximum atomic E-state index is 12.3. The first-order chi connectivity index (χ1) is 11.8. The highest BCUT2D eigenvalue weighted by Gasteiger charge is 2.17. The molecule has 0 aliphatic carbocycles. The number of amides is 1. The molecule has 2 aromatic rings. The van der Waals surface area contributed by atoms with Gasteiger partial charge in [0, 0.05) is 11.5 Å². The number of Topliss-reactive ketones (excluding diaryl/α,β-unsaturated/α-hetero) is 1. The largest absolute Gasteiger partial charge is 0.508 e. The number of aromatic hydroxyl groups is 1. The number of hydrogen-bond donors (Lipinski definition) is 3. The first kappa shape index (κ1) is 18.1. The molecular formula is C16H16N2O7. The number of hydrogen-bond acceptors (Lipinski definition) is 8. The molecule has 1 amide bonds. The van der Waals surface area contributed by atoms with Crippen LogP contribution in [0.1, 0.15) is 34.6 Å². The van der Waals surface area contributed by atoms with E-state index in [1.54, 1.807) is 6.92 Å². The summed E-state index contributed by atoms with van der Waals surface area (Å²) in [6.45, 7) is 2.79. The van der Waals surface area contributed by atoms with Crippen LogP contribution in [0.25, 0.3) is 11.0 Å². The highest BCUT2D eigenvalue weighted by molar-refractivity contribution is 6.08. The second-order valence-corrected chi connectivity index (χ2v) is 5.02. The minimum Gasteiger partial charge on any atom is -0.508 e. The molecule has 0 aliphatic heterocycles. The molecule has 9 heteroatoms. The van der Waals surface area contributed by atoms with Crippen LogP contribution >= 0.6 is 0 Å². The fourth-order valence-electron chi connectivity index (χ4n) is 2.11. The van der Waals surface area contributed by atoms with Crippen LogP contribution in [0.2, 0.25) is 0 Å². The average molecular weight is 348 g/mol. The summed E-state index contributed by atoms with van der Waals surface area (Å²) in [6.07, 6.45) is 0. The SMILES string of the molecule is CCOC(=O)CNNC(=O)c1cc(O)cc2oc(=O)c(C(C)=O)cc12. The van der Waals surface area contributed by atoms with Crippen molar-refractivity contribution >= 4 is 28.6 Å². The van der Waals surface area contributed by atoms with Crippen molar-refractivity contribution in [2.24, 2.45) is 0 Å². The zero-order chi connectivity index (χ0) is 18.6. The van der Waals surface area contributed by atoms with Crippen molar-refractivity contribution in [3.05, 3.63) is 39.7 Å². The molecule has 1 heterocycles. The number of rotatable bonds is 6. The molecule has 1 aromatic carbocycles. The van der Waals surface area contributed by atoms with Crippen LogP contribution in [0.5, 0.6) is 5.75 Å². The minimum absolute atomic E-state index is 0.0439. The van der Waals surface area contributed by atoms with E-state index in [1.165, 1.54) is 13.0 Å². The van der Waals surface area contributed by atoms with Crippen molar-refractivity contribution in [3.63, 3.8) is 0 Å². The summed E-state index contributed by atoms with van der Waals surface area (Å²) in [5.74, 6) is -2.08. The summed E-state index contributed by atoms with van der Waals surface area (Å²) >= 11 is 0. The van der Waals surface area contributed by atoms with E-state index >= 15 is 0 Å². The molecule has 0 atom stereocenters. The third-order valence-electron chi connectivity index (χ3n) is 3.20. The highest BCUT2D eigenvalue weighted by atomic mass is 16.5. The van der Waals surface area contributed by atoms with Crippen LogP contribution in [0.15, 0.2) is 27.4 Å².